The first kappa shape index (κ1) is 35.6. The number of rotatable bonds is 6. The topological polar surface area (TPSA) is 150 Å². The highest BCUT2D eigenvalue weighted by Gasteiger charge is 2.48. The van der Waals surface area contributed by atoms with Gasteiger partial charge < -0.3 is 14.8 Å². The molecule has 5 fully saturated rings. The largest absolute Gasteiger partial charge is 0.371 e. The highest BCUT2D eigenvalue weighted by atomic mass is 16.2. The molecule has 12 nitrogen and oxygen atoms in total. The van der Waals surface area contributed by atoms with E-state index in [0.29, 0.717) is 34.7 Å². The number of aromatic amines is 1. The maximum atomic E-state index is 14.1. The highest BCUT2D eigenvalue weighted by Crippen LogP contribution is 2.46. The van der Waals surface area contributed by atoms with E-state index in [9.17, 15) is 29.2 Å². The van der Waals surface area contributed by atoms with E-state index in [4.69, 9.17) is 0 Å². The van der Waals surface area contributed by atoms with Crippen LogP contribution in [0.3, 0.4) is 0 Å². The fraction of sp³-hybridized carbons (Fsp3) is 0.422. The molecule has 6 aliphatic heterocycles. The maximum absolute atomic E-state index is 14.1. The predicted octanol–water partition coefficient (Wildman–Crippen LogP) is 5.05. The number of H-pyrrole nitrogens is 1. The highest BCUT2D eigenvalue weighted by molar-refractivity contribution is 6.24. The second-order valence-electron chi connectivity index (χ2n) is 17.4. The summed E-state index contributed by atoms with van der Waals surface area (Å²) in [6.07, 6.45) is 4.36. The third-order valence-corrected chi connectivity index (χ3v) is 13.8. The Morgan fingerprint density at radius 2 is 1.63 bits per heavy atom. The van der Waals surface area contributed by atoms with Crippen molar-refractivity contribution in [2.75, 3.05) is 42.5 Å². The van der Waals surface area contributed by atoms with Gasteiger partial charge in [0.2, 0.25) is 11.8 Å². The zero-order valence-corrected chi connectivity index (χ0v) is 32.5. The molecule has 12 heteroatoms. The van der Waals surface area contributed by atoms with Gasteiger partial charge in [0.25, 0.3) is 11.8 Å². The molecule has 11 rings (SSSR count). The lowest BCUT2D eigenvalue weighted by atomic mass is 9.70. The van der Waals surface area contributed by atoms with E-state index in [1.54, 1.807) is 12.1 Å². The molecule has 0 saturated carbocycles. The summed E-state index contributed by atoms with van der Waals surface area (Å²) in [7, 11) is 0. The molecule has 0 radical (unpaired) electrons. The van der Waals surface area contributed by atoms with Gasteiger partial charge >= 0.3 is 0 Å². The quantitative estimate of drug-likeness (QED) is 0.257. The van der Waals surface area contributed by atoms with Crippen LogP contribution in [-0.2, 0) is 21.4 Å². The minimum atomic E-state index is -0.970. The maximum Gasteiger partial charge on any atom is 0.262 e. The molecular weight excluding hydrogens is 719 g/mol. The molecule has 4 amide bonds. The standard InChI is InChI=1S/C45H45N7O5/c1-4-26-16-33-34(45(2,3)41-39(40(33)54)31-7-5-25(20-46)15-35(31)47-41)19-37(26)50-13-11-24(12-14-50)21-49-22-28-17-29(23-49)51(28)27-6-8-30-32(18-27)44(57)52(43(30)56)36-9-10-38(53)48-42(36)55/h5-8,15-16,18-19,24,28-29,36,47H,4,9-14,17,21-23H2,1-3H3,(H,48,53,55). The summed E-state index contributed by atoms with van der Waals surface area (Å²) >= 11 is 0. The Balaban J connectivity index is 0.797. The van der Waals surface area contributed by atoms with Crippen LogP contribution in [0.1, 0.15) is 112 Å². The van der Waals surface area contributed by atoms with Gasteiger partial charge in [-0.3, -0.25) is 39.1 Å². The van der Waals surface area contributed by atoms with E-state index in [1.807, 2.05) is 24.3 Å². The summed E-state index contributed by atoms with van der Waals surface area (Å²) < 4.78 is 0. The Labute approximate surface area is 330 Å². The van der Waals surface area contributed by atoms with Crippen LogP contribution in [0.2, 0.25) is 0 Å². The third-order valence-electron chi connectivity index (χ3n) is 13.8. The van der Waals surface area contributed by atoms with Gasteiger partial charge in [0.1, 0.15) is 6.04 Å². The van der Waals surface area contributed by atoms with Crippen molar-refractivity contribution in [3.8, 4) is 6.07 Å². The van der Waals surface area contributed by atoms with Gasteiger partial charge in [-0.1, -0.05) is 26.8 Å². The molecule has 1 aromatic heterocycles. The number of aromatic nitrogens is 1. The Hall–Kier alpha value is -5.80. The summed E-state index contributed by atoms with van der Waals surface area (Å²) in [4.78, 5) is 77.1. The SMILES string of the molecule is CCc1cc2c(cc1N1CCC(CN3CC4CC(C3)N4c3ccc4c(c3)C(=O)N(C3CCC(=O)NC3=O)C4=O)CC1)C(C)(C)c1[nH]c3cc(C#N)ccc3c1C2=O. The van der Waals surface area contributed by atoms with Gasteiger partial charge in [0.05, 0.1) is 28.3 Å². The van der Waals surface area contributed by atoms with Crippen molar-refractivity contribution in [1.29, 1.82) is 5.26 Å². The number of nitrogens with one attached hydrogen (secondary N) is 2. The first-order valence-electron chi connectivity index (χ1n) is 20.3. The molecule has 1 aliphatic carbocycles. The number of aryl methyl sites for hydroxylation is 1. The van der Waals surface area contributed by atoms with Crippen molar-refractivity contribution >= 4 is 51.7 Å². The summed E-state index contributed by atoms with van der Waals surface area (Å²) in [6.45, 7) is 11.4. The molecule has 3 unspecified atom stereocenters. The van der Waals surface area contributed by atoms with Gasteiger partial charge in [0, 0.05) is 90.2 Å². The number of hydrogen-bond donors (Lipinski definition) is 2. The van der Waals surface area contributed by atoms with Crippen LogP contribution in [-0.4, -0.2) is 95.0 Å². The molecule has 0 spiro atoms. The Morgan fingerprint density at radius 1 is 0.877 bits per heavy atom. The van der Waals surface area contributed by atoms with Gasteiger partial charge in [-0.25, -0.2) is 0 Å². The lowest BCUT2D eigenvalue weighted by Crippen LogP contribution is -2.69. The number of carbonyl (C=O) groups excluding carboxylic acids is 5. The van der Waals surface area contributed by atoms with Crippen LogP contribution < -0.4 is 15.1 Å². The summed E-state index contributed by atoms with van der Waals surface area (Å²) in [5, 5.41) is 12.6. The minimum absolute atomic E-state index is 0.0459. The number of benzene rings is 3. The van der Waals surface area contributed by atoms with Crippen LogP contribution >= 0.6 is 0 Å². The lowest BCUT2D eigenvalue weighted by Gasteiger charge is -2.58. The average Bonchev–Trinajstić information content (AvgIpc) is 3.71. The number of piperazine rings is 1. The summed E-state index contributed by atoms with van der Waals surface area (Å²) in [5.41, 5.74) is 8.42. The lowest BCUT2D eigenvalue weighted by molar-refractivity contribution is -0.136. The first-order valence-corrected chi connectivity index (χ1v) is 20.3. The van der Waals surface area contributed by atoms with Crippen molar-refractivity contribution in [1.82, 2.24) is 20.1 Å². The average molecular weight is 764 g/mol. The van der Waals surface area contributed by atoms with Crippen molar-refractivity contribution in [2.45, 2.75) is 82.8 Å². The second-order valence-corrected chi connectivity index (χ2v) is 17.4. The molecule has 7 heterocycles. The Morgan fingerprint density at radius 3 is 2.35 bits per heavy atom. The number of piperidine rings is 3. The van der Waals surface area contributed by atoms with E-state index in [2.05, 4.69) is 64.0 Å². The second kappa shape index (κ2) is 12.9. The molecule has 3 aromatic carbocycles. The normalized spacial score (nSPS) is 24.3. The molecule has 290 valence electrons. The third kappa shape index (κ3) is 5.38. The van der Waals surface area contributed by atoms with Gasteiger partial charge in [-0.2, -0.15) is 5.26 Å². The van der Waals surface area contributed by atoms with Crippen molar-refractivity contribution in [2.24, 2.45) is 5.92 Å². The van der Waals surface area contributed by atoms with Crippen LogP contribution in [0.4, 0.5) is 11.4 Å². The number of ketones is 1. The number of hydrogen-bond acceptors (Lipinski definition) is 9. The van der Waals surface area contributed by atoms with Crippen molar-refractivity contribution in [3.63, 3.8) is 0 Å². The van der Waals surface area contributed by atoms with E-state index < -0.39 is 29.2 Å². The molecule has 2 N–H and O–H groups in total. The molecule has 7 aliphatic rings. The smallest absolute Gasteiger partial charge is 0.262 e. The van der Waals surface area contributed by atoms with E-state index in [0.717, 1.165) is 102 Å². The molecule has 3 atom stereocenters. The van der Waals surface area contributed by atoms with Crippen molar-refractivity contribution < 1.29 is 24.0 Å². The molecule has 5 saturated heterocycles. The number of nitriles is 1. The van der Waals surface area contributed by atoms with E-state index >= 15 is 0 Å². The van der Waals surface area contributed by atoms with Gasteiger partial charge in [-0.05, 0) is 91.6 Å². The number of nitrogens with zero attached hydrogens (tertiary/aromatic N) is 5. The zero-order valence-electron chi connectivity index (χ0n) is 32.5. The molecule has 4 aromatic rings. The van der Waals surface area contributed by atoms with Crippen LogP contribution in [0.5, 0.6) is 0 Å². The monoisotopic (exact) mass is 763 g/mol. The molecule has 2 bridgehead atoms. The number of anilines is 2. The number of fused-ring (bicyclic) bond motifs is 7. The molecular formula is C45H45N7O5. The van der Waals surface area contributed by atoms with Crippen LogP contribution in [0.25, 0.3) is 10.9 Å². The van der Waals surface area contributed by atoms with Gasteiger partial charge in [0.15, 0.2) is 5.78 Å². The number of amides is 4. The van der Waals surface area contributed by atoms with Crippen LogP contribution in [0.15, 0.2) is 48.5 Å². The number of imide groups is 2. The summed E-state index contributed by atoms with van der Waals surface area (Å²) in [6, 6.07) is 17.3. The first-order chi connectivity index (χ1) is 27.4. The van der Waals surface area contributed by atoms with Crippen LogP contribution in [0, 0.1) is 17.2 Å². The van der Waals surface area contributed by atoms with E-state index in [-0.39, 0.29) is 24.5 Å². The summed E-state index contributed by atoms with van der Waals surface area (Å²) in [5.74, 6) is -1.30. The van der Waals surface area contributed by atoms with Gasteiger partial charge in [-0.15, -0.1) is 0 Å². The zero-order chi connectivity index (χ0) is 39.5. The predicted molar refractivity (Wildman–Crippen MR) is 214 cm³/mol. The fourth-order valence-corrected chi connectivity index (χ4v) is 10.8. The number of carbonyl (C=O) groups is 5. The van der Waals surface area contributed by atoms with E-state index in [1.165, 1.54) is 11.3 Å². The Kier molecular flexibility index (Phi) is 8.03. The van der Waals surface area contributed by atoms with Crippen molar-refractivity contribution in [3.05, 3.63) is 93.2 Å². The molecule has 57 heavy (non-hydrogen) atoms. The minimum Gasteiger partial charge on any atom is -0.371 e. The Bertz CT molecular complexity index is 2490. The fourth-order valence-electron chi connectivity index (χ4n) is 10.8.